The van der Waals surface area contributed by atoms with Crippen LogP contribution in [0.3, 0.4) is 0 Å². The van der Waals surface area contributed by atoms with Crippen molar-refractivity contribution < 1.29 is 18.4 Å². The maximum Gasteiger partial charge on any atom is 0.291 e. The number of furan rings is 2. The van der Waals surface area contributed by atoms with Crippen LogP contribution >= 0.6 is 0 Å². The van der Waals surface area contributed by atoms with Gasteiger partial charge in [0.2, 0.25) is 0 Å². The minimum absolute atomic E-state index is 0.274. The van der Waals surface area contributed by atoms with E-state index in [-0.39, 0.29) is 11.7 Å². The third-order valence-electron chi connectivity index (χ3n) is 4.22. The first-order chi connectivity index (χ1) is 14.7. The number of rotatable bonds is 10. The summed E-state index contributed by atoms with van der Waals surface area (Å²) in [5.74, 6) is 1.55. The van der Waals surface area contributed by atoms with Crippen LogP contribution in [0.2, 0.25) is 0 Å². The molecule has 0 saturated heterocycles. The van der Waals surface area contributed by atoms with E-state index in [1.165, 1.54) is 6.26 Å². The Morgan fingerprint density at radius 3 is 2.53 bits per heavy atom. The average molecular weight is 410 g/mol. The molecular weight excluding hydrogens is 384 g/mol. The zero-order chi connectivity index (χ0) is 21.0. The Kier molecular flexibility index (Phi) is 8.11. The van der Waals surface area contributed by atoms with Gasteiger partial charge in [-0.1, -0.05) is 12.1 Å². The molecule has 0 unspecified atom stereocenters. The molecule has 0 aliphatic rings. The van der Waals surface area contributed by atoms with E-state index < -0.39 is 0 Å². The minimum atomic E-state index is -0.274. The molecule has 0 aliphatic carbocycles. The van der Waals surface area contributed by atoms with Gasteiger partial charge in [-0.25, -0.2) is 0 Å². The van der Waals surface area contributed by atoms with Crippen molar-refractivity contribution in [3.63, 3.8) is 0 Å². The van der Waals surface area contributed by atoms with Gasteiger partial charge in [-0.05, 0) is 48.4 Å². The van der Waals surface area contributed by atoms with Gasteiger partial charge in [0, 0.05) is 32.4 Å². The highest BCUT2D eigenvalue weighted by atomic mass is 16.5. The summed E-state index contributed by atoms with van der Waals surface area (Å²) in [4.78, 5) is 16.2. The van der Waals surface area contributed by atoms with Crippen LogP contribution in [0.25, 0.3) is 0 Å². The fourth-order valence-corrected chi connectivity index (χ4v) is 2.66. The number of hydrogen-bond donors (Lipinski definition) is 3. The van der Waals surface area contributed by atoms with Crippen molar-refractivity contribution in [3.05, 3.63) is 78.1 Å². The quantitative estimate of drug-likeness (QED) is 0.269. The summed E-state index contributed by atoms with van der Waals surface area (Å²) in [7, 11) is 1.73. The highest BCUT2D eigenvalue weighted by molar-refractivity contribution is 6.02. The van der Waals surface area contributed by atoms with Crippen LogP contribution in [0, 0.1) is 0 Å². The first-order valence-electron chi connectivity index (χ1n) is 9.73. The summed E-state index contributed by atoms with van der Waals surface area (Å²) in [5.41, 5.74) is 1.77. The van der Waals surface area contributed by atoms with Crippen molar-refractivity contribution in [2.45, 2.75) is 19.6 Å². The van der Waals surface area contributed by atoms with E-state index in [4.69, 9.17) is 13.6 Å². The van der Waals surface area contributed by atoms with Crippen LogP contribution in [-0.4, -0.2) is 32.1 Å². The number of carbonyl (C=O) groups excluding carboxylic acids is 1. The second-order valence-electron chi connectivity index (χ2n) is 6.47. The van der Waals surface area contributed by atoms with E-state index in [0.717, 1.165) is 30.2 Å². The summed E-state index contributed by atoms with van der Waals surface area (Å²) in [6.45, 7) is 2.48. The Morgan fingerprint density at radius 2 is 1.83 bits per heavy atom. The average Bonchev–Trinajstić information content (AvgIpc) is 3.48. The predicted molar refractivity (Wildman–Crippen MR) is 114 cm³/mol. The second-order valence-corrected chi connectivity index (χ2v) is 6.47. The Bertz CT molecular complexity index is 903. The molecule has 0 radical (unpaired) electrons. The highest BCUT2D eigenvalue weighted by Crippen LogP contribution is 2.11. The monoisotopic (exact) mass is 410 g/mol. The lowest BCUT2D eigenvalue weighted by Crippen LogP contribution is -2.37. The number of aliphatic imine (C=N–C) groups is 1. The molecule has 0 spiro atoms. The summed E-state index contributed by atoms with van der Waals surface area (Å²) in [6, 6.07) is 14.6. The number of nitrogens with zero attached hydrogens (tertiary/aromatic N) is 1. The topological polar surface area (TPSA) is 101 Å². The molecule has 2 aromatic heterocycles. The van der Waals surface area contributed by atoms with Gasteiger partial charge in [0.25, 0.3) is 5.91 Å². The molecule has 8 nitrogen and oxygen atoms in total. The summed E-state index contributed by atoms with van der Waals surface area (Å²) in [5, 5.41) is 9.31. The van der Waals surface area contributed by atoms with Gasteiger partial charge in [-0.3, -0.25) is 9.79 Å². The van der Waals surface area contributed by atoms with Crippen molar-refractivity contribution in [1.82, 2.24) is 10.6 Å². The number of carbonyl (C=O) groups is 1. The molecule has 3 N–H and O–H groups in total. The Morgan fingerprint density at radius 1 is 1.03 bits per heavy atom. The molecule has 3 rings (SSSR count). The lowest BCUT2D eigenvalue weighted by atomic mass is 10.2. The molecule has 158 valence electrons. The van der Waals surface area contributed by atoms with Gasteiger partial charge in [0.1, 0.15) is 12.4 Å². The van der Waals surface area contributed by atoms with Gasteiger partial charge >= 0.3 is 0 Å². The number of nitrogens with one attached hydrogen (secondary N) is 3. The molecule has 2 heterocycles. The number of guanidine groups is 1. The van der Waals surface area contributed by atoms with E-state index in [2.05, 4.69) is 20.9 Å². The van der Waals surface area contributed by atoms with Gasteiger partial charge in [0.05, 0.1) is 12.5 Å². The van der Waals surface area contributed by atoms with Crippen LogP contribution < -0.4 is 16.0 Å². The second kappa shape index (κ2) is 11.5. The van der Waals surface area contributed by atoms with Crippen molar-refractivity contribution >= 4 is 17.6 Å². The third-order valence-corrected chi connectivity index (χ3v) is 4.22. The molecular formula is C22H26N4O4. The van der Waals surface area contributed by atoms with Crippen molar-refractivity contribution in [2.24, 2.45) is 4.99 Å². The van der Waals surface area contributed by atoms with E-state index in [0.29, 0.717) is 25.4 Å². The first-order valence-corrected chi connectivity index (χ1v) is 9.73. The maximum atomic E-state index is 12.0. The van der Waals surface area contributed by atoms with Crippen molar-refractivity contribution in [2.75, 3.05) is 25.5 Å². The van der Waals surface area contributed by atoms with Crippen LogP contribution in [0.1, 0.15) is 28.3 Å². The summed E-state index contributed by atoms with van der Waals surface area (Å²) in [6.07, 6.45) is 3.96. The minimum Gasteiger partial charge on any atom is -0.467 e. The van der Waals surface area contributed by atoms with Gasteiger partial charge in [0.15, 0.2) is 11.7 Å². The number of hydrogen-bond acceptors (Lipinski definition) is 5. The molecule has 1 amide bonds. The first kappa shape index (κ1) is 21.2. The number of ether oxygens (including phenoxy) is 1. The van der Waals surface area contributed by atoms with Gasteiger partial charge in [-0.15, -0.1) is 0 Å². The van der Waals surface area contributed by atoms with Gasteiger partial charge in [-0.2, -0.15) is 0 Å². The lowest BCUT2D eigenvalue weighted by Gasteiger charge is -2.12. The number of amides is 1. The molecule has 0 bridgehead atoms. The fraction of sp³-hybridized carbons (Fsp3) is 0.273. The maximum absolute atomic E-state index is 12.0. The van der Waals surface area contributed by atoms with E-state index >= 15 is 0 Å². The van der Waals surface area contributed by atoms with Gasteiger partial charge < -0.3 is 29.5 Å². The fourth-order valence-electron chi connectivity index (χ4n) is 2.66. The standard InChI is InChI=1S/C22H26N4O4/c1-23-22(24-11-4-12-28-16-19-5-2-13-29-19)25-15-17-7-9-18(10-8-17)26-21(27)20-6-3-14-30-20/h2-3,5-10,13-14H,4,11-12,15-16H2,1H3,(H,26,27)(H2,23,24,25). The van der Waals surface area contributed by atoms with E-state index in [1.807, 2.05) is 36.4 Å². The van der Waals surface area contributed by atoms with Crippen LogP contribution in [0.4, 0.5) is 5.69 Å². The lowest BCUT2D eigenvalue weighted by molar-refractivity contribution is 0.0996. The zero-order valence-corrected chi connectivity index (χ0v) is 16.9. The molecule has 1 aromatic carbocycles. The molecule has 0 atom stereocenters. The predicted octanol–water partition coefficient (Wildman–Crippen LogP) is 3.40. The number of anilines is 1. The normalized spacial score (nSPS) is 11.3. The van der Waals surface area contributed by atoms with Crippen molar-refractivity contribution in [3.8, 4) is 0 Å². The van der Waals surface area contributed by atoms with E-state index in [9.17, 15) is 4.79 Å². The van der Waals surface area contributed by atoms with Crippen molar-refractivity contribution in [1.29, 1.82) is 0 Å². The number of benzene rings is 1. The molecule has 3 aromatic rings. The summed E-state index contributed by atoms with van der Waals surface area (Å²) < 4.78 is 15.9. The Hall–Kier alpha value is -3.52. The molecule has 0 saturated carbocycles. The molecule has 8 heteroatoms. The Balaban J connectivity index is 1.32. The highest BCUT2D eigenvalue weighted by Gasteiger charge is 2.08. The largest absolute Gasteiger partial charge is 0.467 e. The smallest absolute Gasteiger partial charge is 0.291 e. The third kappa shape index (κ3) is 6.82. The van der Waals surface area contributed by atoms with E-state index in [1.54, 1.807) is 25.4 Å². The molecule has 0 fully saturated rings. The van der Waals surface area contributed by atoms with Crippen LogP contribution in [-0.2, 0) is 17.9 Å². The SMILES string of the molecule is CN=C(NCCCOCc1ccco1)NCc1ccc(NC(=O)c2ccco2)cc1. The molecule has 30 heavy (non-hydrogen) atoms. The summed E-state index contributed by atoms with van der Waals surface area (Å²) >= 11 is 0. The van der Waals surface area contributed by atoms with Crippen LogP contribution in [0.15, 0.2) is 74.9 Å². The zero-order valence-electron chi connectivity index (χ0n) is 16.9. The Labute approximate surface area is 175 Å². The van der Waals surface area contributed by atoms with Crippen LogP contribution in [0.5, 0.6) is 0 Å². The molecule has 0 aliphatic heterocycles.